The van der Waals surface area contributed by atoms with Crippen molar-refractivity contribution >= 4 is 29.1 Å². The molecule has 2 aromatic rings. The number of benzene rings is 1. The number of aliphatic imine (C=N–C) groups is 1. The van der Waals surface area contributed by atoms with Crippen molar-refractivity contribution < 1.29 is 9.59 Å². The molecule has 1 aliphatic heterocycles. The topological polar surface area (TPSA) is 74.7 Å². The van der Waals surface area contributed by atoms with E-state index >= 15 is 0 Å². The SMILES string of the molecule is CC(C)c1ccc(-c2nc(CC(=O)NC3=NCC(=O)N3C)cs2)cc1. The molecule has 3 rings (SSSR count). The van der Waals surface area contributed by atoms with Gasteiger partial charge < -0.3 is 0 Å². The highest BCUT2D eigenvalue weighted by Gasteiger charge is 2.23. The first-order chi connectivity index (χ1) is 11.9. The highest BCUT2D eigenvalue weighted by Crippen LogP contribution is 2.25. The van der Waals surface area contributed by atoms with Gasteiger partial charge >= 0.3 is 0 Å². The molecule has 0 radical (unpaired) electrons. The second kappa shape index (κ2) is 7.14. The number of rotatable bonds is 4. The number of guanidine groups is 1. The number of nitrogens with zero attached hydrogens (tertiary/aromatic N) is 3. The summed E-state index contributed by atoms with van der Waals surface area (Å²) < 4.78 is 0. The van der Waals surface area contributed by atoms with Gasteiger partial charge in [0, 0.05) is 18.0 Å². The van der Waals surface area contributed by atoms with Crippen molar-refractivity contribution in [2.45, 2.75) is 26.2 Å². The predicted molar refractivity (Wildman–Crippen MR) is 98.6 cm³/mol. The second-order valence-electron chi connectivity index (χ2n) is 6.24. The number of thiazole rings is 1. The fourth-order valence-electron chi connectivity index (χ4n) is 2.46. The zero-order valence-corrected chi connectivity index (χ0v) is 15.3. The lowest BCUT2D eigenvalue weighted by molar-refractivity contribution is -0.124. The molecular formula is C18H20N4O2S. The normalized spacial score (nSPS) is 14.2. The standard InChI is InChI=1S/C18H20N4O2S/c1-11(2)12-4-6-13(7-5-12)17-20-14(10-25-17)8-15(23)21-18-19-9-16(24)22(18)3/h4-7,10-11H,8-9H2,1-3H3,(H,19,21,23). The molecule has 2 heterocycles. The molecule has 0 fully saturated rings. The summed E-state index contributed by atoms with van der Waals surface area (Å²) in [5.41, 5.74) is 3.04. The summed E-state index contributed by atoms with van der Waals surface area (Å²) >= 11 is 1.52. The van der Waals surface area contributed by atoms with Crippen molar-refractivity contribution in [1.82, 2.24) is 15.2 Å². The summed E-state index contributed by atoms with van der Waals surface area (Å²) in [7, 11) is 1.59. The maximum Gasteiger partial charge on any atom is 0.250 e. The number of carbonyl (C=O) groups is 2. The minimum Gasteiger partial charge on any atom is -0.296 e. The Labute approximate surface area is 150 Å². The van der Waals surface area contributed by atoms with Crippen molar-refractivity contribution in [3.63, 3.8) is 0 Å². The quantitative estimate of drug-likeness (QED) is 0.914. The zero-order chi connectivity index (χ0) is 18.0. The maximum absolute atomic E-state index is 12.1. The van der Waals surface area contributed by atoms with Crippen molar-refractivity contribution in [2.24, 2.45) is 4.99 Å². The number of hydrogen-bond donors (Lipinski definition) is 1. The molecule has 7 heteroatoms. The Morgan fingerprint density at radius 3 is 2.64 bits per heavy atom. The number of aromatic nitrogens is 1. The van der Waals surface area contributed by atoms with E-state index in [1.165, 1.54) is 21.8 Å². The molecule has 1 aliphatic rings. The number of hydrogen-bond acceptors (Lipinski definition) is 5. The number of likely N-dealkylation sites (N-methyl/N-ethyl adjacent to an activating group) is 1. The van der Waals surface area contributed by atoms with E-state index in [1.807, 2.05) is 5.38 Å². The van der Waals surface area contributed by atoms with Crippen LogP contribution in [-0.2, 0) is 16.0 Å². The Morgan fingerprint density at radius 1 is 1.32 bits per heavy atom. The van der Waals surface area contributed by atoms with Gasteiger partial charge in [-0.1, -0.05) is 38.1 Å². The first-order valence-corrected chi connectivity index (χ1v) is 8.97. The third kappa shape index (κ3) is 3.93. The van der Waals surface area contributed by atoms with Crippen LogP contribution < -0.4 is 5.32 Å². The van der Waals surface area contributed by atoms with Crippen molar-refractivity contribution in [3.05, 3.63) is 40.9 Å². The zero-order valence-electron chi connectivity index (χ0n) is 14.4. The van der Waals surface area contributed by atoms with Crippen molar-refractivity contribution in [3.8, 4) is 10.6 Å². The summed E-state index contributed by atoms with van der Waals surface area (Å²) in [4.78, 5) is 33.4. The fourth-order valence-corrected chi connectivity index (χ4v) is 3.29. The van der Waals surface area contributed by atoms with Gasteiger partial charge in [-0.15, -0.1) is 11.3 Å². The highest BCUT2D eigenvalue weighted by molar-refractivity contribution is 7.13. The molecule has 0 unspecified atom stereocenters. The molecular weight excluding hydrogens is 336 g/mol. The first-order valence-electron chi connectivity index (χ1n) is 8.09. The fraction of sp³-hybridized carbons (Fsp3) is 0.333. The van der Waals surface area contributed by atoms with E-state index in [-0.39, 0.29) is 24.8 Å². The molecule has 0 atom stereocenters. The van der Waals surface area contributed by atoms with Crippen LogP contribution >= 0.6 is 11.3 Å². The van der Waals surface area contributed by atoms with Gasteiger partial charge in [0.1, 0.15) is 11.6 Å². The van der Waals surface area contributed by atoms with Gasteiger partial charge in [-0.3, -0.25) is 19.8 Å². The van der Waals surface area contributed by atoms with Crippen LogP contribution in [0.25, 0.3) is 10.6 Å². The molecule has 0 spiro atoms. The van der Waals surface area contributed by atoms with Crippen LogP contribution in [0.4, 0.5) is 0 Å². The number of nitrogens with one attached hydrogen (secondary N) is 1. The lowest BCUT2D eigenvalue weighted by Gasteiger charge is -2.12. The third-order valence-corrected chi connectivity index (χ3v) is 4.97. The van der Waals surface area contributed by atoms with E-state index < -0.39 is 0 Å². The number of amides is 2. The largest absolute Gasteiger partial charge is 0.296 e. The van der Waals surface area contributed by atoms with Crippen LogP contribution in [0.3, 0.4) is 0 Å². The molecule has 0 aliphatic carbocycles. The van der Waals surface area contributed by atoms with Gasteiger partial charge in [0.2, 0.25) is 11.9 Å². The van der Waals surface area contributed by atoms with Crippen LogP contribution in [0.1, 0.15) is 31.0 Å². The number of carbonyl (C=O) groups excluding carboxylic acids is 2. The minimum atomic E-state index is -0.229. The van der Waals surface area contributed by atoms with E-state index in [1.54, 1.807) is 7.05 Å². The first kappa shape index (κ1) is 17.3. The average Bonchev–Trinajstić information content (AvgIpc) is 3.17. The Balaban J connectivity index is 1.63. The van der Waals surface area contributed by atoms with Gasteiger partial charge in [0.15, 0.2) is 0 Å². The van der Waals surface area contributed by atoms with Crippen molar-refractivity contribution in [1.29, 1.82) is 0 Å². The summed E-state index contributed by atoms with van der Waals surface area (Å²) in [5.74, 6) is 0.436. The van der Waals surface area contributed by atoms with Gasteiger partial charge in [-0.2, -0.15) is 0 Å². The van der Waals surface area contributed by atoms with Crippen LogP contribution in [0.15, 0.2) is 34.6 Å². The van der Waals surface area contributed by atoms with E-state index in [4.69, 9.17) is 0 Å². The van der Waals surface area contributed by atoms with Crippen LogP contribution in [0.2, 0.25) is 0 Å². The minimum absolute atomic E-state index is 0.0827. The lowest BCUT2D eigenvalue weighted by atomic mass is 10.0. The van der Waals surface area contributed by atoms with Crippen LogP contribution in [0.5, 0.6) is 0 Å². The molecule has 6 nitrogen and oxygen atoms in total. The summed E-state index contributed by atoms with van der Waals surface area (Å²) in [5, 5.41) is 5.43. The molecule has 1 N–H and O–H groups in total. The highest BCUT2D eigenvalue weighted by atomic mass is 32.1. The summed E-state index contributed by atoms with van der Waals surface area (Å²) in [6.45, 7) is 4.41. The third-order valence-electron chi connectivity index (χ3n) is 4.02. The van der Waals surface area contributed by atoms with Crippen LogP contribution in [0, 0.1) is 0 Å². The molecule has 0 saturated heterocycles. The van der Waals surface area contributed by atoms with Gasteiger partial charge in [0.25, 0.3) is 5.91 Å². The Morgan fingerprint density at radius 2 is 2.04 bits per heavy atom. The predicted octanol–water partition coefficient (Wildman–Crippen LogP) is 2.42. The molecule has 0 saturated carbocycles. The van der Waals surface area contributed by atoms with Gasteiger partial charge in [0.05, 0.1) is 12.1 Å². The molecule has 25 heavy (non-hydrogen) atoms. The van der Waals surface area contributed by atoms with Gasteiger partial charge in [-0.05, 0) is 11.5 Å². The lowest BCUT2D eigenvalue weighted by Crippen LogP contribution is -2.42. The molecule has 0 bridgehead atoms. The van der Waals surface area contributed by atoms with Crippen molar-refractivity contribution in [2.75, 3.05) is 13.6 Å². The van der Waals surface area contributed by atoms with Gasteiger partial charge in [-0.25, -0.2) is 9.98 Å². The van der Waals surface area contributed by atoms with Crippen LogP contribution in [-0.4, -0.2) is 41.3 Å². The summed E-state index contributed by atoms with van der Waals surface area (Å²) in [6, 6.07) is 8.34. The Kier molecular flexibility index (Phi) is 4.94. The molecule has 130 valence electrons. The average molecular weight is 356 g/mol. The molecule has 1 aromatic carbocycles. The Bertz CT molecular complexity index is 824. The second-order valence-corrected chi connectivity index (χ2v) is 7.10. The molecule has 1 aromatic heterocycles. The van der Waals surface area contributed by atoms with E-state index in [9.17, 15) is 9.59 Å². The monoisotopic (exact) mass is 356 g/mol. The van der Waals surface area contributed by atoms with E-state index in [2.05, 4.69) is 53.4 Å². The summed E-state index contributed by atoms with van der Waals surface area (Å²) in [6.07, 6.45) is 0.154. The van der Waals surface area contributed by atoms with E-state index in [0.29, 0.717) is 17.6 Å². The molecule has 2 amide bonds. The Hall–Kier alpha value is -2.54. The maximum atomic E-state index is 12.1. The van der Waals surface area contributed by atoms with E-state index in [0.717, 1.165) is 10.6 Å². The smallest absolute Gasteiger partial charge is 0.250 e.